The van der Waals surface area contributed by atoms with E-state index in [0.717, 1.165) is 0 Å². The molecule has 7 heteroatoms. The van der Waals surface area contributed by atoms with E-state index in [9.17, 15) is 9.59 Å². The number of hydrogen-bond donors (Lipinski definition) is 0. The number of ether oxygens (including phenoxy) is 2. The van der Waals surface area contributed by atoms with Gasteiger partial charge in [0.15, 0.2) is 12.4 Å². The maximum atomic E-state index is 12.1. The molecule has 120 valence electrons. The Morgan fingerprint density at radius 1 is 1.00 bits per heavy atom. The lowest BCUT2D eigenvalue weighted by atomic mass is 10.1. The summed E-state index contributed by atoms with van der Waals surface area (Å²) in [5, 5.41) is 0.601. The SMILES string of the molecule is COc1ccc(C(=O)COC(=O)c2c(Cl)cccc2Cl)cc1Cl. The van der Waals surface area contributed by atoms with Crippen LogP contribution in [0.2, 0.25) is 15.1 Å². The highest BCUT2D eigenvalue weighted by molar-refractivity contribution is 6.39. The molecule has 0 aliphatic heterocycles. The number of hydrogen-bond acceptors (Lipinski definition) is 4. The topological polar surface area (TPSA) is 52.6 Å². The average Bonchev–Trinajstić information content (AvgIpc) is 2.52. The van der Waals surface area contributed by atoms with Crippen molar-refractivity contribution in [1.82, 2.24) is 0 Å². The second-order valence-corrected chi connectivity index (χ2v) is 5.67. The van der Waals surface area contributed by atoms with Gasteiger partial charge in [-0.2, -0.15) is 0 Å². The number of carbonyl (C=O) groups excluding carboxylic acids is 2. The zero-order valence-corrected chi connectivity index (χ0v) is 14.2. The molecule has 23 heavy (non-hydrogen) atoms. The molecule has 0 amide bonds. The zero-order chi connectivity index (χ0) is 17.0. The van der Waals surface area contributed by atoms with E-state index in [1.807, 2.05) is 0 Å². The van der Waals surface area contributed by atoms with Gasteiger partial charge in [-0.15, -0.1) is 0 Å². The quantitative estimate of drug-likeness (QED) is 0.563. The fraction of sp³-hybridized carbons (Fsp3) is 0.125. The lowest BCUT2D eigenvalue weighted by Gasteiger charge is -2.08. The smallest absolute Gasteiger partial charge is 0.341 e. The monoisotopic (exact) mass is 372 g/mol. The number of ketones is 1. The third-order valence-corrected chi connectivity index (χ3v) is 3.90. The van der Waals surface area contributed by atoms with E-state index in [4.69, 9.17) is 44.3 Å². The molecule has 0 unspecified atom stereocenters. The van der Waals surface area contributed by atoms with Crippen molar-refractivity contribution in [2.45, 2.75) is 0 Å². The Morgan fingerprint density at radius 3 is 2.22 bits per heavy atom. The second kappa shape index (κ2) is 7.68. The number of esters is 1. The molecule has 0 N–H and O–H groups in total. The molecule has 0 spiro atoms. The summed E-state index contributed by atoms with van der Waals surface area (Å²) in [4.78, 5) is 24.1. The van der Waals surface area contributed by atoms with Crippen molar-refractivity contribution in [3.63, 3.8) is 0 Å². The van der Waals surface area contributed by atoms with Crippen molar-refractivity contribution in [3.8, 4) is 5.75 Å². The maximum absolute atomic E-state index is 12.1. The Morgan fingerprint density at radius 2 is 1.65 bits per heavy atom. The Balaban J connectivity index is 2.07. The van der Waals surface area contributed by atoms with Crippen molar-refractivity contribution >= 4 is 46.6 Å². The highest BCUT2D eigenvalue weighted by Crippen LogP contribution is 2.26. The van der Waals surface area contributed by atoms with Crippen molar-refractivity contribution in [1.29, 1.82) is 0 Å². The van der Waals surface area contributed by atoms with E-state index in [1.54, 1.807) is 12.1 Å². The Hall–Kier alpha value is -1.75. The molecule has 0 atom stereocenters. The van der Waals surface area contributed by atoms with E-state index >= 15 is 0 Å². The fourth-order valence-electron chi connectivity index (χ4n) is 1.82. The van der Waals surface area contributed by atoms with Gasteiger partial charge in [0, 0.05) is 5.56 Å². The van der Waals surface area contributed by atoms with Crippen LogP contribution < -0.4 is 4.74 Å². The van der Waals surface area contributed by atoms with Gasteiger partial charge in [0.25, 0.3) is 0 Å². The lowest BCUT2D eigenvalue weighted by molar-refractivity contribution is 0.0475. The minimum Gasteiger partial charge on any atom is -0.495 e. The van der Waals surface area contributed by atoms with Gasteiger partial charge in [-0.05, 0) is 30.3 Å². The van der Waals surface area contributed by atoms with Crippen LogP contribution in [0.3, 0.4) is 0 Å². The summed E-state index contributed by atoms with van der Waals surface area (Å²) in [6, 6.07) is 9.15. The summed E-state index contributed by atoms with van der Waals surface area (Å²) in [6.45, 7) is -0.455. The molecule has 0 bridgehead atoms. The van der Waals surface area contributed by atoms with E-state index in [-0.39, 0.29) is 15.6 Å². The summed E-state index contributed by atoms with van der Waals surface area (Å²) in [6.07, 6.45) is 0. The maximum Gasteiger partial charge on any atom is 0.341 e. The van der Waals surface area contributed by atoms with Gasteiger partial charge in [-0.3, -0.25) is 4.79 Å². The van der Waals surface area contributed by atoms with Crippen LogP contribution in [0.15, 0.2) is 36.4 Å². The first-order valence-electron chi connectivity index (χ1n) is 6.42. The molecule has 0 saturated heterocycles. The van der Waals surface area contributed by atoms with E-state index in [1.165, 1.54) is 31.4 Å². The van der Waals surface area contributed by atoms with Crippen molar-refractivity contribution in [2.24, 2.45) is 0 Å². The molecule has 0 saturated carbocycles. The number of carbonyl (C=O) groups is 2. The van der Waals surface area contributed by atoms with Gasteiger partial charge < -0.3 is 9.47 Å². The minimum atomic E-state index is -0.770. The van der Waals surface area contributed by atoms with E-state index in [2.05, 4.69) is 0 Å². The third kappa shape index (κ3) is 4.16. The van der Waals surface area contributed by atoms with Crippen LogP contribution in [0.1, 0.15) is 20.7 Å². The molecule has 4 nitrogen and oxygen atoms in total. The van der Waals surface area contributed by atoms with Gasteiger partial charge in [-0.1, -0.05) is 40.9 Å². The molecule has 2 aromatic carbocycles. The predicted octanol–water partition coefficient (Wildman–Crippen LogP) is 4.70. The molecular weight excluding hydrogens is 363 g/mol. The summed E-state index contributed by atoms with van der Waals surface area (Å²) in [7, 11) is 1.47. The number of methoxy groups -OCH3 is 1. The largest absolute Gasteiger partial charge is 0.495 e. The molecule has 0 heterocycles. The molecule has 0 aliphatic rings. The van der Waals surface area contributed by atoms with Gasteiger partial charge in [0.2, 0.25) is 0 Å². The number of halogens is 3. The lowest BCUT2D eigenvalue weighted by Crippen LogP contribution is -2.15. The highest BCUT2D eigenvalue weighted by atomic mass is 35.5. The average molecular weight is 374 g/mol. The highest BCUT2D eigenvalue weighted by Gasteiger charge is 2.18. The number of Topliss-reactive ketones (excluding diaryl/α,β-unsaturated/α-hetero) is 1. The number of benzene rings is 2. The van der Waals surface area contributed by atoms with Crippen molar-refractivity contribution < 1.29 is 19.1 Å². The molecule has 0 aromatic heterocycles. The summed E-state index contributed by atoms with van der Waals surface area (Å²) in [5.74, 6) is -0.734. The van der Waals surface area contributed by atoms with Gasteiger partial charge >= 0.3 is 5.97 Å². The predicted molar refractivity (Wildman–Crippen MR) is 89.1 cm³/mol. The van der Waals surface area contributed by atoms with E-state index in [0.29, 0.717) is 16.3 Å². The Kier molecular flexibility index (Phi) is 5.88. The van der Waals surface area contributed by atoms with Crippen LogP contribution in [-0.4, -0.2) is 25.5 Å². The molecule has 2 rings (SSSR count). The van der Waals surface area contributed by atoms with Gasteiger partial charge in [0.05, 0.1) is 27.7 Å². The first kappa shape index (κ1) is 17.6. The van der Waals surface area contributed by atoms with Gasteiger partial charge in [0.1, 0.15) is 5.75 Å². The summed E-state index contributed by atoms with van der Waals surface area (Å²) in [5.41, 5.74) is 0.324. The molecule has 0 fully saturated rings. The summed E-state index contributed by atoms with van der Waals surface area (Å²) >= 11 is 17.8. The standard InChI is InChI=1S/C16H11Cl3O4/c1-22-14-6-5-9(7-12(14)19)13(20)8-23-16(21)15-10(17)3-2-4-11(15)18/h2-7H,8H2,1H3. The summed E-state index contributed by atoms with van der Waals surface area (Å²) < 4.78 is 9.97. The molecule has 2 aromatic rings. The molecule has 0 radical (unpaired) electrons. The zero-order valence-electron chi connectivity index (χ0n) is 11.9. The molecular formula is C16H11Cl3O4. The third-order valence-electron chi connectivity index (χ3n) is 2.98. The van der Waals surface area contributed by atoms with Crippen LogP contribution in [-0.2, 0) is 4.74 Å². The first-order chi connectivity index (χ1) is 10.9. The first-order valence-corrected chi connectivity index (χ1v) is 7.55. The number of rotatable bonds is 5. The minimum absolute atomic E-state index is 0.0244. The Labute approximate surface area is 147 Å². The normalized spacial score (nSPS) is 10.3. The van der Waals surface area contributed by atoms with Crippen LogP contribution >= 0.6 is 34.8 Å². The Bertz CT molecular complexity index is 739. The van der Waals surface area contributed by atoms with Gasteiger partial charge in [-0.25, -0.2) is 4.79 Å². The van der Waals surface area contributed by atoms with Crippen LogP contribution in [0.25, 0.3) is 0 Å². The van der Waals surface area contributed by atoms with Crippen molar-refractivity contribution in [3.05, 3.63) is 62.6 Å². The second-order valence-electron chi connectivity index (χ2n) is 4.45. The van der Waals surface area contributed by atoms with Crippen LogP contribution in [0.5, 0.6) is 5.75 Å². The van der Waals surface area contributed by atoms with E-state index < -0.39 is 18.4 Å². The van der Waals surface area contributed by atoms with Crippen LogP contribution in [0.4, 0.5) is 0 Å². The molecule has 0 aliphatic carbocycles. The van der Waals surface area contributed by atoms with Crippen LogP contribution in [0, 0.1) is 0 Å². The van der Waals surface area contributed by atoms with Crippen molar-refractivity contribution in [2.75, 3.05) is 13.7 Å². The fourth-order valence-corrected chi connectivity index (χ4v) is 2.63.